The first kappa shape index (κ1) is 18.2. The Kier molecular flexibility index (Phi) is 4.58. The van der Waals surface area contributed by atoms with Crippen molar-refractivity contribution in [1.82, 2.24) is 9.47 Å². The predicted molar refractivity (Wildman–Crippen MR) is 108 cm³/mol. The van der Waals surface area contributed by atoms with Crippen molar-refractivity contribution in [2.24, 2.45) is 0 Å². The van der Waals surface area contributed by atoms with Crippen LogP contribution >= 0.6 is 23.2 Å². The average Bonchev–Trinajstić information content (AvgIpc) is 2.87. The fourth-order valence-electron chi connectivity index (χ4n) is 3.94. The van der Waals surface area contributed by atoms with Gasteiger partial charge in [0.25, 0.3) is 0 Å². The van der Waals surface area contributed by atoms with Crippen LogP contribution < -0.4 is 0 Å². The van der Waals surface area contributed by atoms with Gasteiger partial charge in [0.1, 0.15) is 0 Å². The molecule has 0 spiro atoms. The Morgan fingerprint density at radius 2 is 1.78 bits per heavy atom. The zero-order valence-corrected chi connectivity index (χ0v) is 16.6. The van der Waals surface area contributed by atoms with Crippen molar-refractivity contribution in [3.05, 3.63) is 74.8 Å². The lowest BCUT2D eigenvalue weighted by Crippen LogP contribution is -2.31. The molecule has 0 fully saturated rings. The van der Waals surface area contributed by atoms with Crippen LogP contribution in [0.15, 0.2) is 42.5 Å². The molecule has 27 heavy (non-hydrogen) atoms. The number of likely N-dealkylation sites (N-methyl/N-ethyl adjacent to an activating group) is 1. The standard InChI is InChI=1S/C21H20Cl2N2O2/c1-12-7-20(26)25(21(12)27)19-6-4-3-5-14(19)16-10-24(2)11-17-15(16)8-13(22)9-18(17)23/h3-9,16,26-27H,10-11H2,1-2H3/t16-/m0/s1. The maximum atomic E-state index is 10.5. The summed E-state index contributed by atoms with van der Waals surface area (Å²) < 4.78 is 1.48. The minimum absolute atomic E-state index is 0.00552. The Labute approximate surface area is 168 Å². The highest BCUT2D eigenvalue weighted by atomic mass is 35.5. The third-order valence-electron chi connectivity index (χ3n) is 5.18. The molecule has 4 rings (SSSR count). The molecule has 2 aromatic carbocycles. The minimum Gasteiger partial charge on any atom is -0.494 e. The number of hydrogen-bond acceptors (Lipinski definition) is 3. The number of benzene rings is 2. The summed E-state index contributed by atoms with van der Waals surface area (Å²) in [6, 6.07) is 13.1. The zero-order valence-electron chi connectivity index (χ0n) is 15.1. The maximum absolute atomic E-state index is 10.5. The number of aromatic hydroxyl groups is 2. The van der Waals surface area contributed by atoms with Crippen LogP contribution in [0.1, 0.15) is 28.2 Å². The van der Waals surface area contributed by atoms with E-state index < -0.39 is 0 Å². The number of fused-ring (bicyclic) bond motifs is 1. The van der Waals surface area contributed by atoms with E-state index in [2.05, 4.69) is 11.9 Å². The molecule has 0 unspecified atom stereocenters. The SMILES string of the molecule is Cc1cc(O)n(-c2ccccc2[C@@H]2CN(C)Cc3c(Cl)cc(Cl)cc32)c1O. The van der Waals surface area contributed by atoms with Gasteiger partial charge in [-0.1, -0.05) is 41.4 Å². The molecule has 0 saturated heterocycles. The molecular weight excluding hydrogens is 383 g/mol. The molecule has 1 atom stereocenters. The lowest BCUT2D eigenvalue weighted by Gasteiger charge is -2.34. The molecule has 140 valence electrons. The van der Waals surface area contributed by atoms with Crippen LogP contribution in [-0.4, -0.2) is 33.3 Å². The molecule has 0 radical (unpaired) electrons. The lowest BCUT2D eigenvalue weighted by atomic mass is 9.84. The van der Waals surface area contributed by atoms with E-state index in [1.165, 1.54) is 4.57 Å². The van der Waals surface area contributed by atoms with Gasteiger partial charge >= 0.3 is 0 Å². The molecule has 2 heterocycles. The normalized spacial score (nSPS) is 17.1. The molecule has 1 aliphatic rings. The topological polar surface area (TPSA) is 48.6 Å². The second kappa shape index (κ2) is 6.79. The van der Waals surface area contributed by atoms with Crippen molar-refractivity contribution in [3.8, 4) is 17.4 Å². The number of para-hydroxylation sites is 1. The van der Waals surface area contributed by atoms with Crippen LogP contribution in [0.4, 0.5) is 0 Å². The molecule has 2 N–H and O–H groups in total. The van der Waals surface area contributed by atoms with Crippen LogP contribution in [-0.2, 0) is 6.54 Å². The molecule has 0 amide bonds. The number of halogens is 2. The Morgan fingerprint density at radius 3 is 2.48 bits per heavy atom. The first-order chi connectivity index (χ1) is 12.9. The Balaban J connectivity index is 1.94. The highest BCUT2D eigenvalue weighted by molar-refractivity contribution is 6.35. The maximum Gasteiger partial charge on any atom is 0.201 e. The molecule has 3 aromatic rings. The van der Waals surface area contributed by atoms with Gasteiger partial charge < -0.3 is 15.1 Å². The van der Waals surface area contributed by atoms with Gasteiger partial charge in [-0.2, -0.15) is 0 Å². The molecule has 1 aromatic heterocycles. The average molecular weight is 403 g/mol. The van der Waals surface area contributed by atoms with Crippen LogP contribution in [0.3, 0.4) is 0 Å². The largest absolute Gasteiger partial charge is 0.494 e. The summed E-state index contributed by atoms with van der Waals surface area (Å²) in [6.07, 6.45) is 0. The van der Waals surface area contributed by atoms with Gasteiger partial charge in [-0.05, 0) is 48.9 Å². The molecular formula is C21H20Cl2N2O2. The smallest absolute Gasteiger partial charge is 0.201 e. The highest BCUT2D eigenvalue weighted by Gasteiger charge is 2.29. The third-order valence-corrected chi connectivity index (χ3v) is 5.74. The van der Waals surface area contributed by atoms with Gasteiger partial charge in [0.05, 0.1) is 5.69 Å². The minimum atomic E-state index is 0.00552. The molecule has 6 heteroatoms. The summed E-state index contributed by atoms with van der Waals surface area (Å²) in [6.45, 7) is 3.29. The second-order valence-corrected chi connectivity index (χ2v) is 7.95. The van der Waals surface area contributed by atoms with Gasteiger partial charge in [-0.15, -0.1) is 0 Å². The number of aromatic nitrogens is 1. The van der Waals surface area contributed by atoms with Crippen molar-refractivity contribution < 1.29 is 10.2 Å². The van der Waals surface area contributed by atoms with Crippen LogP contribution in [0.2, 0.25) is 10.0 Å². The van der Waals surface area contributed by atoms with Crippen molar-refractivity contribution in [2.45, 2.75) is 19.4 Å². The van der Waals surface area contributed by atoms with Gasteiger partial charge in [0.15, 0.2) is 5.88 Å². The number of rotatable bonds is 2. The van der Waals surface area contributed by atoms with Gasteiger partial charge in [0, 0.05) is 40.7 Å². The van der Waals surface area contributed by atoms with E-state index in [1.807, 2.05) is 30.3 Å². The van der Waals surface area contributed by atoms with E-state index in [4.69, 9.17) is 23.2 Å². The Morgan fingerprint density at radius 1 is 1.04 bits per heavy atom. The molecule has 0 aliphatic carbocycles. The van der Waals surface area contributed by atoms with E-state index in [0.29, 0.717) is 15.6 Å². The van der Waals surface area contributed by atoms with Crippen molar-refractivity contribution in [3.63, 3.8) is 0 Å². The Hall–Kier alpha value is -2.14. The monoisotopic (exact) mass is 402 g/mol. The summed E-state index contributed by atoms with van der Waals surface area (Å²) in [5.74, 6) is 0.0482. The molecule has 0 saturated carbocycles. The summed E-state index contributed by atoms with van der Waals surface area (Å²) in [5.41, 5.74) is 4.50. The first-order valence-electron chi connectivity index (χ1n) is 8.72. The summed E-state index contributed by atoms with van der Waals surface area (Å²) in [4.78, 5) is 2.21. The van der Waals surface area contributed by atoms with Gasteiger partial charge in [0.2, 0.25) is 5.88 Å². The van der Waals surface area contributed by atoms with Crippen molar-refractivity contribution >= 4 is 23.2 Å². The van der Waals surface area contributed by atoms with E-state index in [9.17, 15) is 10.2 Å². The fourth-order valence-corrected chi connectivity index (χ4v) is 4.51. The highest BCUT2D eigenvalue weighted by Crippen LogP contribution is 2.42. The summed E-state index contributed by atoms with van der Waals surface area (Å²) in [7, 11) is 2.05. The molecule has 4 nitrogen and oxygen atoms in total. The number of nitrogens with zero attached hydrogens (tertiary/aromatic N) is 2. The summed E-state index contributed by atoms with van der Waals surface area (Å²) >= 11 is 12.8. The van der Waals surface area contributed by atoms with E-state index in [0.717, 1.165) is 35.5 Å². The zero-order chi connectivity index (χ0) is 19.3. The fraction of sp³-hybridized carbons (Fsp3) is 0.238. The molecule has 1 aliphatic heterocycles. The van der Waals surface area contributed by atoms with Gasteiger partial charge in [-0.25, -0.2) is 0 Å². The van der Waals surface area contributed by atoms with Crippen molar-refractivity contribution in [2.75, 3.05) is 13.6 Å². The van der Waals surface area contributed by atoms with Crippen molar-refractivity contribution in [1.29, 1.82) is 0 Å². The quantitative estimate of drug-likeness (QED) is 0.627. The Bertz CT molecular complexity index is 1030. The van der Waals surface area contributed by atoms with Crippen LogP contribution in [0, 0.1) is 6.92 Å². The predicted octanol–water partition coefficient (Wildman–Crippen LogP) is 5.08. The van der Waals surface area contributed by atoms with Crippen LogP contribution in [0.25, 0.3) is 5.69 Å². The third kappa shape index (κ3) is 3.08. The first-order valence-corrected chi connectivity index (χ1v) is 9.48. The van der Waals surface area contributed by atoms with E-state index in [-0.39, 0.29) is 17.7 Å². The van der Waals surface area contributed by atoms with E-state index in [1.54, 1.807) is 19.1 Å². The summed E-state index contributed by atoms with van der Waals surface area (Å²) in [5, 5.41) is 22.1. The van der Waals surface area contributed by atoms with E-state index >= 15 is 0 Å². The van der Waals surface area contributed by atoms with Crippen LogP contribution in [0.5, 0.6) is 11.8 Å². The molecule has 0 bridgehead atoms. The lowest BCUT2D eigenvalue weighted by molar-refractivity contribution is 0.295. The second-order valence-electron chi connectivity index (χ2n) is 7.11. The number of aryl methyl sites for hydroxylation is 1. The van der Waals surface area contributed by atoms with Gasteiger partial charge in [-0.3, -0.25) is 4.57 Å². The number of hydrogen-bond donors (Lipinski definition) is 2.